The van der Waals surface area contributed by atoms with E-state index in [-0.39, 0.29) is 11.4 Å². The SMILES string of the molecule is CNCc1cc(-c2cn(-c3ccccc3Cl)c(=O)c3c(N)n[nH]c23)cs1. The Morgan fingerprint density at radius 2 is 2.19 bits per heavy atom. The summed E-state index contributed by atoms with van der Waals surface area (Å²) in [5.74, 6) is 0.179. The lowest BCUT2D eigenvalue weighted by atomic mass is 10.1. The first-order chi connectivity index (χ1) is 12.6. The van der Waals surface area contributed by atoms with Gasteiger partial charge in [-0.15, -0.1) is 11.3 Å². The summed E-state index contributed by atoms with van der Waals surface area (Å²) in [6, 6.07) is 9.31. The van der Waals surface area contributed by atoms with Crippen molar-refractivity contribution >= 4 is 39.7 Å². The molecule has 4 rings (SSSR count). The minimum atomic E-state index is -0.256. The normalized spacial score (nSPS) is 11.3. The van der Waals surface area contributed by atoms with Crippen molar-refractivity contribution in [3.8, 4) is 16.8 Å². The zero-order valence-electron chi connectivity index (χ0n) is 13.9. The molecular weight excluding hydrogens is 370 g/mol. The molecular formula is C18H16ClN5OS. The lowest BCUT2D eigenvalue weighted by Gasteiger charge is -2.11. The molecule has 0 aliphatic heterocycles. The second-order valence-corrected chi connectivity index (χ2v) is 7.26. The van der Waals surface area contributed by atoms with E-state index in [2.05, 4.69) is 27.0 Å². The smallest absolute Gasteiger partial charge is 0.268 e. The van der Waals surface area contributed by atoms with Crippen LogP contribution < -0.4 is 16.6 Å². The molecule has 1 aromatic carbocycles. The van der Waals surface area contributed by atoms with Crippen LogP contribution in [-0.4, -0.2) is 21.8 Å². The number of anilines is 1. The Morgan fingerprint density at radius 1 is 1.38 bits per heavy atom. The number of nitrogens with one attached hydrogen (secondary N) is 2. The zero-order chi connectivity index (χ0) is 18.3. The predicted molar refractivity (Wildman–Crippen MR) is 107 cm³/mol. The topological polar surface area (TPSA) is 88.7 Å². The number of nitrogens with zero attached hydrogens (tertiary/aromatic N) is 2. The van der Waals surface area contributed by atoms with Crippen molar-refractivity contribution in [1.82, 2.24) is 20.1 Å². The number of hydrogen-bond donors (Lipinski definition) is 3. The summed E-state index contributed by atoms with van der Waals surface area (Å²) in [5, 5.41) is 13.0. The number of rotatable bonds is 4. The van der Waals surface area contributed by atoms with Gasteiger partial charge >= 0.3 is 0 Å². The van der Waals surface area contributed by atoms with E-state index in [1.165, 1.54) is 9.44 Å². The number of thiophene rings is 1. The molecule has 3 aromatic heterocycles. The van der Waals surface area contributed by atoms with Gasteiger partial charge in [0.15, 0.2) is 5.82 Å². The first-order valence-corrected chi connectivity index (χ1v) is 9.22. The number of halogens is 1. The molecule has 4 aromatic rings. The Hall–Kier alpha value is -2.61. The molecule has 6 nitrogen and oxygen atoms in total. The molecule has 0 amide bonds. The Kier molecular flexibility index (Phi) is 4.28. The van der Waals surface area contributed by atoms with Crippen LogP contribution in [0.15, 0.2) is 46.7 Å². The number of hydrogen-bond acceptors (Lipinski definition) is 5. The number of nitrogen functional groups attached to an aromatic ring is 1. The van der Waals surface area contributed by atoms with Crippen molar-refractivity contribution in [2.75, 3.05) is 12.8 Å². The minimum absolute atomic E-state index is 0.179. The molecule has 26 heavy (non-hydrogen) atoms. The van der Waals surface area contributed by atoms with E-state index in [9.17, 15) is 4.79 Å². The molecule has 0 bridgehead atoms. The van der Waals surface area contributed by atoms with Gasteiger partial charge in [-0.25, -0.2) is 0 Å². The predicted octanol–water partition coefficient (Wildman–Crippen LogP) is 3.40. The molecule has 0 spiro atoms. The fourth-order valence-corrected chi connectivity index (χ4v) is 4.10. The summed E-state index contributed by atoms with van der Waals surface area (Å²) in [5.41, 5.74) is 8.79. The summed E-state index contributed by atoms with van der Waals surface area (Å²) < 4.78 is 1.53. The number of H-pyrrole nitrogens is 1. The second kappa shape index (κ2) is 6.60. The van der Waals surface area contributed by atoms with Gasteiger partial charge in [0.25, 0.3) is 5.56 Å². The third kappa shape index (κ3) is 2.70. The molecule has 0 aliphatic rings. The first kappa shape index (κ1) is 16.8. The van der Waals surface area contributed by atoms with Crippen LogP contribution in [0.3, 0.4) is 0 Å². The third-order valence-corrected chi connectivity index (χ3v) is 5.44. The largest absolute Gasteiger partial charge is 0.382 e. The highest BCUT2D eigenvalue weighted by Crippen LogP contribution is 2.32. The van der Waals surface area contributed by atoms with Gasteiger partial charge in [0.05, 0.1) is 16.2 Å². The van der Waals surface area contributed by atoms with Crippen LogP contribution in [0.1, 0.15) is 4.88 Å². The molecule has 3 heterocycles. The van der Waals surface area contributed by atoms with E-state index in [0.717, 1.165) is 17.7 Å². The van der Waals surface area contributed by atoms with E-state index in [4.69, 9.17) is 17.3 Å². The average molecular weight is 386 g/mol. The van der Waals surface area contributed by atoms with Crippen LogP contribution in [0, 0.1) is 0 Å². The number of aromatic nitrogens is 3. The van der Waals surface area contributed by atoms with Crippen LogP contribution >= 0.6 is 22.9 Å². The van der Waals surface area contributed by atoms with Gasteiger partial charge in [0.1, 0.15) is 5.39 Å². The van der Waals surface area contributed by atoms with E-state index in [0.29, 0.717) is 21.6 Å². The van der Waals surface area contributed by atoms with Gasteiger partial charge < -0.3 is 11.1 Å². The molecule has 0 radical (unpaired) electrons. The first-order valence-electron chi connectivity index (χ1n) is 7.96. The highest BCUT2D eigenvalue weighted by atomic mass is 35.5. The van der Waals surface area contributed by atoms with Crippen molar-refractivity contribution in [2.45, 2.75) is 6.54 Å². The molecule has 0 unspecified atom stereocenters. The number of para-hydroxylation sites is 1. The van der Waals surface area contributed by atoms with Crippen molar-refractivity contribution in [3.05, 3.63) is 62.2 Å². The van der Waals surface area contributed by atoms with Crippen LogP contribution in [-0.2, 0) is 6.54 Å². The standard InChI is InChI=1S/C18H16ClN5OS/c1-21-7-11-6-10(9-26-11)12-8-24(14-5-3-2-4-13(14)19)18(25)15-16(12)22-23-17(15)20/h2-6,8-9,21H,7H2,1H3,(H3,20,22,23). The summed E-state index contributed by atoms with van der Waals surface area (Å²) in [6.45, 7) is 0.781. The van der Waals surface area contributed by atoms with Crippen LogP contribution in [0.2, 0.25) is 5.02 Å². The van der Waals surface area contributed by atoms with Crippen molar-refractivity contribution in [3.63, 3.8) is 0 Å². The number of fused-ring (bicyclic) bond motifs is 1. The summed E-state index contributed by atoms with van der Waals surface area (Å²) in [4.78, 5) is 14.2. The maximum absolute atomic E-state index is 13.0. The van der Waals surface area contributed by atoms with E-state index in [1.807, 2.05) is 19.2 Å². The third-order valence-electron chi connectivity index (χ3n) is 4.18. The van der Waals surface area contributed by atoms with Crippen LogP contribution in [0.25, 0.3) is 27.7 Å². The molecule has 0 fully saturated rings. The number of nitrogens with two attached hydrogens (primary N) is 1. The Bertz CT molecular complexity index is 1160. The molecule has 0 saturated carbocycles. The summed E-state index contributed by atoms with van der Waals surface area (Å²) in [7, 11) is 1.91. The van der Waals surface area contributed by atoms with Gasteiger partial charge in [0, 0.05) is 23.2 Å². The average Bonchev–Trinajstić information content (AvgIpc) is 3.24. The second-order valence-electron chi connectivity index (χ2n) is 5.86. The molecule has 4 N–H and O–H groups in total. The Balaban J connectivity index is 2.02. The lowest BCUT2D eigenvalue weighted by Crippen LogP contribution is -2.19. The molecule has 0 saturated heterocycles. The summed E-state index contributed by atoms with van der Waals surface area (Å²) >= 11 is 7.97. The summed E-state index contributed by atoms with van der Waals surface area (Å²) in [6.07, 6.45) is 1.79. The number of aromatic amines is 1. The van der Waals surface area contributed by atoms with Crippen molar-refractivity contribution < 1.29 is 0 Å². The Morgan fingerprint density at radius 3 is 2.96 bits per heavy atom. The van der Waals surface area contributed by atoms with E-state index < -0.39 is 0 Å². The lowest BCUT2D eigenvalue weighted by molar-refractivity contribution is 0.831. The quantitative estimate of drug-likeness (QED) is 0.502. The number of pyridine rings is 1. The van der Waals surface area contributed by atoms with Crippen LogP contribution in [0.4, 0.5) is 5.82 Å². The van der Waals surface area contributed by atoms with Crippen molar-refractivity contribution in [1.29, 1.82) is 0 Å². The van der Waals surface area contributed by atoms with E-state index >= 15 is 0 Å². The maximum Gasteiger partial charge on any atom is 0.268 e. The van der Waals surface area contributed by atoms with Crippen molar-refractivity contribution in [2.24, 2.45) is 0 Å². The minimum Gasteiger partial charge on any atom is -0.382 e. The van der Waals surface area contributed by atoms with Gasteiger partial charge in [-0.3, -0.25) is 14.5 Å². The maximum atomic E-state index is 13.0. The monoisotopic (exact) mass is 385 g/mol. The Labute approximate surface area is 158 Å². The number of benzene rings is 1. The van der Waals surface area contributed by atoms with Gasteiger partial charge in [-0.05, 0) is 36.2 Å². The molecule has 0 atom stereocenters. The van der Waals surface area contributed by atoms with Crippen LogP contribution in [0.5, 0.6) is 0 Å². The van der Waals surface area contributed by atoms with E-state index in [1.54, 1.807) is 29.7 Å². The molecule has 8 heteroatoms. The highest BCUT2D eigenvalue weighted by molar-refractivity contribution is 7.10. The van der Waals surface area contributed by atoms with Gasteiger partial charge in [0.2, 0.25) is 0 Å². The van der Waals surface area contributed by atoms with Gasteiger partial charge in [-0.1, -0.05) is 23.7 Å². The fourth-order valence-electron chi connectivity index (χ4n) is 2.97. The fraction of sp³-hybridized carbons (Fsp3) is 0.111. The zero-order valence-corrected chi connectivity index (χ0v) is 15.5. The highest BCUT2D eigenvalue weighted by Gasteiger charge is 2.18. The molecule has 132 valence electrons. The van der Waals surface area contributed by atoms with Gasteiger partial charge in [-0.2, -0.15) is 5.10 Å². The molecule has 0 aliphatic carbocycles.